The van der Waals surface area contributed by atoms with Crippen molar-refractivity contribution >= 4 is 29.2 Å². The van der Waals surface area contributed by atoms with E-state index in [9.17, 15) is 44.7 Å². The Hall–Kier alpha value is -3.74. The number of nitrogens with two attached hydrogens (primary N) is 1. The van der Waals surface area contributed by atoms with Gasteiger partial charge >= 0.3 is 5.97 Å². The van der Waals surface area contributed by atoms with Crippen LogP contribution in [0.2, 0.25) is 0 Å². The number of ether oxygens (including phenoxy) is 1. The summed E-state index contributed by atoms with van der Waals surface area (Å²) < 4.78 is 5.01. The summed E-state index contributed by atoms with van der Waals surface area (Å²) in [5.41, 5.74) is 1.13. The Morgan fingerprint density at radius 3 is 2.31 bits per heavy atom. The second-order valence-electron chi connectivity index (χ2n) is 12.3. The minimum atomic E-state index is -2.97. The van der Waals surface area contributed by atoms with E-state index in [1.807, 2.05) is 13.8 Å². The number of esters is 1. The van der Waals surface area contributed by atoms with E-state index in [4.69, 9.17) is 10.5 Å². The molecule has 4 rings (SSSR count). The molecule has 0 heterocycles. The Labute approximate surface area is 243 Å². The first kappa shape index (κ1) is 31.2. The lowest BCUT2D eigenvalue weighted by atomic mass is 9.54. The molecule has 0 spiro atoms. The number of ketones is 2. The molecule has 0 unspecified atom stereocenters. The smallest absolute Gasteiger partial charge is 0.302 e. The number of fused-ring (bicyclic) bond motifs is 3. The summed E-state index contributed by atoms with van der Waals surface area (Å²) in [4.78, 5) is 52.0. The van der Waals surface area contributed by atoms with Crippen molar-refractivity contribution in [1.29, 1.82) is 0 Å². The van der Waals surface area contributed by atoms with E-state index in [0.29, 0.717) is 24.0 Å². The summed E-state index contributed by atoms with van der Waals surface area (Å²) in [5, 5.41) is 57.5. The molecule has 0 aliphatic heterocycles. The van der Waals surface area contributed by atoms with E-state index in [1.54, 1.807) is 19.1 Å². The number of likely N-dealkylation sites (N-methyl/N-ethyl adjacent to an activating group) is 1. The standard InChI is InChI=1S/C30H38N2O10/c1-12-14-8-9-15(29(3,4)10-7-11-42-13(2)33)22(34)17(14)23(35)18-16(12)24(36)20-21(32(5)6)25(37)19(28(31)40)27(39)30(20,41)26(18)38/h8-9,12,16,20-21,24,34-36,39,41H,7,10-11H2,1-6H3,(H2,31,40)/t12-,16+,20+,21-,24+,30+/m1/s1. The van der Waals surface area contributed by atoms with Crippen molar-refractivity contribution in [3.8, 4) is 5.75 Å². The van der Waals surface area contributed by atoms with E-state index in [1.165, 1.54) is 25.9 Å². The molecule has 7 N–H and O–H groups in total. The molecular weight excluding hydrogens is 548 g/mol. The van der Waals surface area contributed by atoms with Gasteiger partial charge in [0.25, 0.3) is 5.91 Å². The van der Waals surface area contributed by atoms with Crippen molar-refractivity contribution in [2.75, 3.05) is 20.7 Å². The molecule has 3 aliphatic rings. The van der Waals surface area contributed by atoms with Gasteiger partial charge in [0, 0.05) is 24.0 Å². The van der Waals surface area contributed by atoms with Gasteiger partial charge in [0.15, 0.2) is 11.4 Å². The minimum Gasteiger partial charge on any atom is -0.508 e. The topological polar surface area (TPSA) is 208 Å². The number of aliphatic hydroxyl groups excluding tert-OH is 3. The van der Waals surface area contributed by atoms with Crippen LogP contribution in [0.25, 0.3) is 5.76 Å². The molecule has 228 valence electrons. The van der Waals surface area contributed by atoms with E-state index in [-0.39, 0.29) is 17.9 Å². The molecule has 1 aromatic carbocycles. The normalized spacial score (nSPS) is 29.3. The number of primary amides is 1. The summed E-state index contributed by atoms with van der Waals surface area (Å²) >= 11 is 0. The third-order valence-electron chi connectivity index (χ3n) is 9.11. The lowest BCUT2D eigenvalue weighted by molar-refractivity contribution is -0.169. The van der Waals surface area contributed by atoms with Gasteiger partial charge in [-0.05, 0) is 43.8 Å². The minimum absolute atomic E-state index is 0.0587. The zero-order valence-electron chi connectivity index (χ0n) is 24.5. The number of aliphatic hydroxyl groups is 4. The van der Waals surface area contributed by atoms with Gasteiger partial charge in [-0.25, -0.2) is 0 Å². The number of phenols is 1. The lowest BCUT2D eigenvalue weighted by Crippen LogP contribution is -2.70. The number of rotatable bonds is 7. The number of phenolic OH excluding ortho intramolecular Hbond substituents is 1. The summed E-state index contributed by atoms with van der Waals surface area (Å²) in [6.07, 6.45) is -0.663. The van der Waals surface area contributed by atoms with Crippen LogP contribution in [0.15, 0.2) is 29.0 Å². The third kappa shape index (κ3) is 4.40. The van der Waals surface area contributed by atoms with Crippen molar-refractivity contribution in [3.63, 3.8) is 0 Å². The van der Waals surface area contributed by atoms with E-state index in [0.717, 1.165) is 0 Å². The molecule has 0 bridgehead atoms. The van der Waals surface area contributed by atoms with Gasteiger partial charge < -0.3 is 36.0 Å². The second-order valence-corrected chi connectivity index (χ2v) is 12.3. The third-order valence-corrected chi connectivity index (χ3v) is 9.11. The number of carbonyl (C=O) groups excluding carboxylic acids is 4. The van der Waals surface area contributed by atoms with Crippen LogP contribution in [-0.4, -0.2) is 92.3 Å². The van der Waals surface area contributed by atoms with Crippen molar-refractivity contribution < 1.29 is 49.4 Å². The van der Waals surface area contributed by atoms with Crippen molar-refractivity contribution in [2.24, 2.45) is 17.6 Å². The Morgan fingerprint density at radius 1 is 1.14 bits per heavy atom. The van der Waals surface area contributed by atoms with Crippen LogP contribution in [-0.2, 0) is 29.3 Å². The largest absolute Gasteiger partial charge is 0.508 e. The number of aromatic hydroxyl groups is 1. The van der Waals surface area contributed by atoms with Gasteiger partial charge in [0.05, 0.1) is 30.2 Å². The van der Waals surface area contributed by atoms with Gasteiger partial charge in [-0.3, -0.25) is 24.1 Å². The first-order valence-corrected chi connectivity index (χ1v) is 13.7. The highest BCUT2D eigenvalue weighted by atomic mass is 16.5. The summed E-state index contributed by atoms with van der Waals surface area (Å²) in [5.74, 6) is -9.63. The van der Waals surface area contributed by atoms with Crippen LogP contribution >= 0.6 is 0 Å². The molecule has 1 fully saturated rings. The zero-order valence-corrected chi connectivity index (χ0v) is 24.5. The number of hydrogen-bond donors (Lipinski definition) is 6. The molecule has 12 nitrogen and oxygen atoms in total. The number of hydrogen-bond acceptors (Lipinski definition) is 11. The van der Waals surface area contributed by atoms with E-state index < -0.39 is 87.0 Å². The molecule has 1 aromatic rings. The van der Waals surface area contributed by atoms with Gasteiger partial charge in [0.2, 0.25) is 5.78 Å². The van der Waals surface area contributed by atoms with Crippen molar-refractivity contribution in [3.05, 3.63) is 45.7 Å². The molecular formula is C30H38N2O10. The van der Waals surface area contributed by atoms with Gasteiger partial charge in [0.1, 0.15) is 22.8 Å². The molecule has 42 heavy (non-hydrogen) atoms. The quantitative estimate of drug-likeness (QED) is 0.151. The number of carbonyl (C=O) groups is 4. The van der Waals surface area contributed by atoms with Crippen LogP contribution in [0.3, 0.4) is 0 Å². The maximum atomic E-state index is 14.1. The Morgan fingerprint density at radius 2 is 1.76 bits per heavy atom. The number of benzene rings is 1. The monoisotopic (exact) mass is 586 g/mol. The fraction of sp³-hybridized carbons (Fsp3) is 0.533. The average molecular weight is 587 g/mol. The average Bonchev–Trinajstić information content (AvgIpc) is 2.88. The molecule has 0 aromatic heterocycles. The van der Waals surface area contributed by atoms with E-state index in [2.05, 4.69) is 0 Å². The highest BCUT2D eigenvalue weighted by Gasteiger charge is 2.68. The SMILES string of the molecule is CC(=O)OCCCC(C)(C)c1ccc2c(c1O)C(O)=C1C(=O)[C@]3(O)C(O)=C(C(N)=O)C(=O)[C@H](N(C)C)[C@H]3[C@@H](O)[C@H]1[C@@H]2C. The maximum absolute atomic E-state index is 14.1. The molecule has 3 aliphatic carbocycles. The van der Waals surface area contributed by atoms with Crippen LogP contribution < -0.4 is 5.73 Å². The first-order valence-electron chi connectivity index (χ1n) is 13.7. The Balaban J connectivity index is 1.90. The van der Waals surface area contributed by atoms with Gasteiger partial charge in [-0.2, -0.15) is 0 Å². The highest BCUT2D eigenvalue weighted by molar-refractivity contribution is 6.24. The Bertz CT molecular complexity index is 1440. The number of nitrogens with zero attached hydrogens (tertiary/aromatic N) is 1. The fourth-order valence-electron chi connectivity index (χ4n) is 7.03. The molecule has 0 saturated heterocycles. The van der Waals surface area contributed by atoms with Crippen molar-refractivity contribution in [2.45, 2.75) is 69.6 Å². The molecule has 1 amide bonds. The number of amides is 1. The zero-order chi connectivity index (χ0) is 31.6. The molecule has 6 atom stereocenters. The molecule has 0 radical (unpaired) electrons. The predicted octanol–water partition coefficient (Wildman–Crippen LogP) is 1.12. The summed E-state index contributed by atoms with van der Waals surface area (Å²) in [7, 11) is 2.91. The summed E-state index contributed by atoms with van der Waals surface area (Å²) in [6, 6.07) is 1.97. The van der Waals surface area contributed by atoms with E-state index >= 15 is 0 Å². The molecule has 12 heteroatoms. The molecule has 1 saturated carbocycles. The Kier molecular flexibility index (Phi) is 7.81. The highest BCUT2D eigenvalue weighted by Crippen LogP contribution is 2.57. The lowest BCUT2D eigenvalue weighted by Gasteiger charge is -2.53. The van der Waals surface area contributed by atoms with Crippen LogP contribution in [0.4, 0.5) is 0 Å². The van der Waals surface area contributed by atoms with Gasteiger partial charge in [-0.1, -0.05) is 32.9 Å². The summed E-state index contributed by atoms with van der Waals surface area (Å²) in [6.45, 7) is 6.90. The van der Waals surface area contributed by atoms with Gasteiger partial charge in [-0.15, -0.1) is 0 Å². The fourth-order valence-corrected chi connectivity index (χ4v) is 7.03. The van der Waals surface area contributed by atoms with Crippen LogP contribution in [0, 0.1) is 11.8 Å². The van der Waals surface area contributed by atoms with Crippen LogP contribution in [0.5, 0.6) is 5.75 Å². The second kappa shape index (κ2) is 10.5. The van der Waals surface area contributed by atoms with Crippen molar-refractivity contribution in [1.82, 2.24) is 4.90 Å². The predicted molar refractivity (Wildman–Crippen MR) is 149 cm³/mol. The maximum Gasteiger partial charge on any atom is 0.302 e. The van der Waals surface area contributed by atoms with Crippen LogP contribution in [0.1, 0.15) is 63.1 Å². The number of Topliss-reactive ketones (excluding diaryl/α,β-unsaturated/α-hetero) is 2. The first-order chi connectivity index (χ1) is 19.4.